The molecular weight excluding hydrogens is 361 g/mol. The number of hydrogen-bond donors (Lipinski definition) is 2. The van der Waals surface area contributed by atoms with Crippen molar-refractivity contribution < 1.29 is 19.4 Å². The van der Waals surface area contributed by atoms with Crippen molar-refractivity contribution >= 4 is 46.8 Å². The van der Waals surface area contributed by atoms with Crippen LogP contribution in [0.4, 0.5) is 0 Å². The Kier molecular flexibility index (Phi) is 6.19. The molecule has 1 heterocycles. The van der Waals surface area contributed by atoms with Crippen molar-refractivity contribution in [1.29, 1.82) is 0 Å². The van der Waals surface area contributed by atoms with Crippen molar-refractivity contribution in [1.82, 2.24) is 5.32 Å². The zero-order chi connectivity index (χ0) is 17.0. The summed E-state index contributed by atoms with van der Waals surface area (Å²) in [6.07, 6.45) is 2.60. The van der Waals surface area contributed by atoms with Gasteiger partial charge in [-0.25, -0.2) is 0 Å². The van der Waals surface area contributed by atoms with Crippen molar-refractivity contribution in [3.05, 3.63) is 27.7 Å². The lowest BCUT2D eigenvalue weighted by atomic mass is 9.86. The lowest BCUT2D eigenvalue weighted by Gasteiger charge is -2.37. The highest BCUT2D eigenvalue weighted by Crippen LogP contribution is 2.32. The minimum atomic E-state index is -0.959. The Morgan fingerprint density at radius 3 is 2.52 bits per heavy atom. The highest BCUT2D eigenvalue weighted by Gasteiger charge is 2.37. The summed E-state index contributed by atoms with van der Waals surface area (Å²) in [6.45, 7) is 0.829. The molecule has 0 radical (unpaired) electrons. The SMILES string of the molecule is CSc1cc(C(=O)NC2(CC(=O)O)CCOCC2)c(Cl)cc1Cl. The van der Waals surface area contributed by atoms with E-state index < -0.39 is 17.4 Å². The van der Waals surface area contributed by atoms with Crippen LogP contribution in [0.1, 0.15) is 29.6 Å². The smallest absolute Gasteiger partial charge is 0.305 e. The monoisotopic (exact) mass is 377 g/mol. The summed E-state index contributed by atoms with van der Waals surface area (Å²) in [7, 11) is 0. The maximum absolute atomic E-state index is 12.6. The van der Waals surface area contributed by atoms with E-state index in [2.05, 4.69) is 5.32 Å². The number of carbonyl (C=O) groups is 2. The van der Waals surface area contributed by atoms with E-state index in [1.807, 2.05) is 6.26 Å². The van der Waals surface area contributed by atoms with Gasteiger partial charge in [-0.2, -0.15) is 0 Å². The third-order valence-corrected chi connectivity index (χ3v) is 5.32. The number of aliphatic carboxylic acids is 1. The van der Waals surface area contributed by atoms with Gasteiger partial charge in [0.2, 0.25) is 0 Å². The predicted octanol–water partition coefficient (Wildman–Crippen LogP) is 3.47. The third-order valence-electron chi connectivity index (χ3n) is 3.80. The second kappa shape index (κ2) is 7.75. The molecule has 1 amide bonds. The zero-order valence-electron chi connectivity index (χ0n) is 12.5. The number of hydrogen-bond acceptors (Lipinski definition) is 4. The Bertz CT molecular complexity index is 618. The van der Waals surface area contributed by atoms with Crippen molar-refractivity contribution in [2.45, 2.75) is 29.7 Å². The zero-order valence-corrected chi connectivity index (χ0v) is 14.9. The molecule has 8 heteroatoms. The number of nitrogens with one attached hydrogen (secondary N) is 1. The molecule has 1 aromatic rings. The van der Waals surface area contributed by atoms with Crippen molar-refractivity contribution in [2.24, 2.45) is 0 Å². The molecule has 0 aliphatic carbocycles. The average molecular weight is 378 g/mol. The van der Waals surface area contributed by atoms with Crippen molar-refractivity contribution in [3.8, 4) is 0 Å². The fraction of sp³-hybridized carbons (Fsp3) is 0.467. The highest BCUT2D eigenvalue weighted by atomic mass is 35.5. The van der Waals surface area contributed by atoms with Crippen LogP contribution in [-0.2, 0) is 9.53 Å². The van der Waals surface area contributed by atoms with Crippen LogP contribution in [0.25, 0.3) is 0 Å². The molecule has 0 bridgehead atoms. The molecule has 1 aliphatic rings. The first kappa shape index (κ1) is 18.4. The number of ether oxygens (including phenoxy) is 1. The van der Waals surface area contributed by atoms with E-state index in [0.717, 1.165) is 4.90 Å². The van der Waals surface area contributed by atoms with Crippen LogP contribution in [0.2, 0.25) is 10.0 Å². The van der Waals surface area contributed by atoms with Crippen LogP contribution in [0.15, 0.2) is 17.0 Å². The maximum Gasteiger partial charge on any atom is 0.305 e. The van der Waals surface area contributed by atoms with E-state index in [0.29, 0.717) is 31.1 Å². The van der Waals surface area contributed by atoms with Gasteiger partial charge in [0.25, 0.3) is 5.91 Å². The number of carboxylic acid groups (broad SMARTS) is 1. The van der Waals surface area contributed by atoms with Crippen LogP contribution in [0, 0.1) is 0 Å². The minimum absolute atomic E-state index is 0.150. The van der Waals surface area contributed by atoms with Crippen molar-refractivity contribution in [2.75, 3.05) is 19.5 Å². The van der Waals surface area contributed by atoms with Crippen molar-refractivity contribution in [3.63, 3.8) is 0 Å². The third kappa shape index (κ3) is 4.53. The quantitative estimate of drug-likeness (QED) is 0.768. The molecule has 126 valence electrons. The number of amides is 1. The molecule has 1 aromatic carbocycles. The van der Waals surface area contributed by atoms with Gasteiger partial charge < -0.3 is 15.2 Å². The number of rotatable bonds is 5. The number of thioether (sulfide) groups is 1. The fourth-order valence-electron chi connectivity index (χ4n) is 2.57. The molecule has 0 aromatic heterocycles. The molecule has 2 N–H and O–H groups in total. The van der Waals surface area contributed by atoms with E-state index in [1.54, 1.807) is 6.07 Å². The largest absolute Gasteiger partial charge is 0.481 e. The molecular formula is C15H17Cl2NO4S. The second-order valence-electron chi connectivity index (χ2n) is 5.38. The van der Waals surface area contributed by atoms with Gasteiger partial charge in [-0.3, -0.25) is 9.59 Å². The van der Waals surface area contributed by atoms with Gasteiger partial charge in [0.05, 0.1) is 27.6 Å². The van der Waals surface area contributed by atoms with Gasteiger partial charge in [0, 0.05) is 18.1 Å². The molecule has 1 fully saturated rings. The lowest BCUT2D eigenvalue weighted by molar-refractivity contribution is -0.139. The molecule has 0 atom stereocenters. The van der Waals surface area contributed by atoms with Crippen LogP contribution in [0.3, 0.4) is 0 Å². The summed E-state index contributed by atoms with van der Waals surface area (Å²) in [5.41, 5.74) is -0.527. The summed E-state index contributed by atoms with van der Waals surface area (Å²) in [5, 5.41) is 12.7. The Labute approximate surface area is 148 Å². The summed E-state index contributed by atoms with van der Waals surface area (Å²) in [6, 6.07) is 3.15. The number of halogens is 2. The van der Waals surface area contributed by atoms with Gasteiger partial charge in [-0.15, -0.1) is 11.8 Å². The molecule has 0 saturated carbocycles. The maximum atomic E-state index is 12.6. The summed E-state index contributed by atoms with van der Waals surface area (Å²) >= 11 is 13.6. The topological polar surface area (TPSA) is 75.6 Å². The van der Waals surface area contributed by atoms with Crippen LogP contribution in [-0.4, -0.2) is 42.0 Å². The van der Waals surface area contributed by atoms with Crippen LogP contribution in [0.5, 0.6) is 0 Å². The molecule has 23 heavy (non-hydrogen) atoms. The summed E-state index contributed by atoms with van der Waals surface area (Å²) < 4.78 is 5.28. The van der Waals surface area contributed by atoms with E-state index in [9.17, 15) is 9.59 Å². The minimum Gasteiger partial charge on any atom is -0.481 e. The standard InChI is InChI=1S/C15H17Cl2NO4S/c1-23-12-6-9(10(16)7-11(12)17)14(21)18-15(8-13(19)20)2-4-22-5-3-15/h6-7H,2-5,8H2,1H3,(H,18,21)(H,19,20). The number of carbonyl (C=O) groups excluding carboxylic acids is 1. The Hall–Kier alpha value is -0.950. The first-order valence-electron chi connectivity index (χ1n) is 7.02. The first-order valence-corrected chi connectivity index (χ1v) is 9.00. The van der Waals surface area contributed by atoms with Gasteiger partial charge in [-0.05, 0) is 31.2 Å². The fourth-order valence-corrected chi connectivity index (χ4v) is 3.76. The highest BCUT2D eigenvalue weighted by molar-refractivity contribution is 7.98. The lowest BCUT2D eigenvalue weighted by Crippen LogP contribution is -2.53. The number of carboxylic acids is 1. The molecule has 2 rings (SSSR count). The van der Waals surface area contributed by atoms with Crippen LogP contribution >= 0.6 is 35.0 Å². The van der Waals surface area contributed by atoms with Gasteiger partial charge in [0.1, 0.15) is 0 Å². The molecule has 1 aliphatic heterocycles. The van der Waals surface area contributed by atoms with Gasteiger partial charge in [-0.1, -0.05) is 23.2 Å². The van der Waals surface area contributed by atoms with Gasteiger partial charge >= 0.3 is 5.97 Å². The van der Waals surface area contributed by atoms with Gasteiger partial charge in [0.15, 0.2) is 0 Å². The predicted molar refractivity (Wildman–Crippen MR) is 90.7 cm³/mol. The number of benzene rings is 1. The Morgan fingerprint density at radius 2 is 1.96 bits per heavy atom. The molecule has 5 nitrogen and oxygen atoms in total. The van der Waals surface area contributed by atoms with E-state index in [-0.39, 0.29) is 17.0 Å². The summed E-state index contributed by atoms with van der Waals surface area (Å²) in [5.74, 6) is -1.36. The van der Waals surface area contributed by atoms with E-state index in [1.165, 1.54) is 17.8 Å². The Morgan fingerprint density at radius 1 is 1.30 bits per heavy atom. The molecule has 1 saturated heterocycles. The van der Waals surface area contributed by atoms with E-state index in [4.69, 9.17) is 33.0 Å². The van der Waals surface area contributed by atoms with Crippen LogP contribution < -0.4 is 5.32 Å². The summed E-state index contributed by atoms with van der Waals surface area (Å²) in [4.78, 5) is 24.5. The second-order valence-corrected chi connectivity index (χ2v) is 7.05. The molecule has 0 unspecified atom stereocenters. The normalized spacial score (nSPS) is 16.8. The van der Waals surface area contributed by atoms with E-state index >= 15 is 0 Å². The average Bonchev–Trinajstić information content (AvgIpc) is 2.47. The Balaban J connectivity index is 2.26. The first-order chi connectivity index (χ1) is 10.9. The molecule has 0 spiro atoms.